The molecular formula is C63H40N2. The van der Waals surface area contributed by atoms with E-state index in [1.165, 1.54) is 105 Å². The van der Waals surface area contributed by atoms with Crippen LogP contribution in [0.4, 0.5) is 17.1 Å². The molecule has 0 N–H and O–H groups in total. The first-order valence-electron chi connectivity index (χ1n) is 22.6. The van der Waals surface area contributed by atoms with Gasteiger partial charge in [0.1, 0.15) is 0 Å². The number of para-hydroxylation sites is 4. The van der Waals surface area contributed by atoms with Crippen molar-refractivity contribution in [2.75, 3.05) is 4.90 Å². The molecule has 0 radical (unpaired) electrons. The molecule has 65 heavy (non-hydrogen) atoms. The number of anilines is 3. The maximum absolute atomic E-state index is 2.58. The third-order valence-electron chi connectivity index (χ3n) is 14.3. The zero-order valence-electron chi connectivity index (χ0n) is 35.5. The van der Waals surface area contributed by atoms with E-state index in [0.717, 1.165) is 17.1 Å². The van der Waals surface area contributed by atoms with Gasteiger partial charge in [-0.25, -0.2) is 0 Å². The fourth-order valence-corrected chi connectivity index (χ4v) is 11.8. The van der Waals surface area contributed by atoms with Crippen LogP contribution in [0.1, 0.15) is 22.3 Å². The van der Waals surface area contributed by atoms with Crippen molar-refractivity contribution >= 4 is 60.4 Å². The van der Waals surface area contributed by atoms with E-state index in [9.17, 15) is 0 Å². The van der Waals surface area contributed by atoms with E-state index in [1.54, 1.807) is 0 Å². The zero-order chi connectivity index (χ0) is 42.6. The molecule has 0 bridgehead atoms. The normalized spacial score (nSPS) is 14.5. The first kappa shape index (κ1) is 36.1. The van der Waals surface area contributed by atoms with Crippen molar-refractivity contribution in [2.24, 2.45) is 0 Å². The van der Waals surface area contributed by atoms with Crippen LogP contribution in [0.3, 0.4) is 0 Å². The standard InChI is InChI=1S/C63H40N2/c1-2-19-41(20-3-1)42-22-16-23-43(39-42)46-25-9-13-35-56(46)64(60-40-44-21-4-5-24-45(44)47-26-6-7-27-48(47)60)59-38-18-33-54-61(59)51-29-8-11-31-52(51)63(54)53-32-12-15-37-58(53)65-57-36-14-10-28-49(57)50-30-17-34-55(63)62(50)65/h1-40H. The van der Waals surface area contributed by atoms with E-state index in [0.29, 0.717) is 0 Å². The Morgan fingerprint density at radius 2 is 0.908 bits per heavy atom. The summed E-state index contributed by atoms with van der Waals surface area (Å²) in [6, 6.07) is 90.3. The highest BCUT2D eigenvalue weighted by Gasteiger charge is 2.51. The van der Waals surface area contributed by atoms with Gasteiger partial charge >= 0.3 is 0 Å². The predicted molar refractivity (Wildman–Crippen MR) is 272 cm³/mol. The summed E-state index contributed by atoms with van der Waals surface area (Å²) in [7, 11) is 0. The lowest BCUT2D eigenvalue weighted by molar-refractivity contribution is 0.748. The van der Waals surface area contributed by atoms with Gasteiger partial charge in [-0.15, -0.1) is 0 Å². The molecule has 2 aliphatic rings. The van der Waals surface area contributed by atoms with Crippen LogP contribution in [0.15, 0.2) is 243 Å². The SMILES string of the molecule is c1ccc(-c2cccc(-c3ccccc3N(c3cccc4c3-c3ccccc3C43c4ccccc4-n4c5ccccc5c5cccc3c54)c3cc4ccccc4c4ccccc34)c2)cc1. The molecule has 2 heteroatoms. The van der Waals surface area contributed by atoms with Crippen LogP contribution in [0.25, 0.3) is 82.4 Å². The Kier molecular flexibility index (Phi) is 7.64. The number of benzene rings is 11. The number of rotatable bonds is 5. The molecule has 1 aromatic heterocycles. The van der Waals surface area contributed by atoms with Crippen LogP contribution < -0.4 is 4.90 Å². The molecular weight excluding hydrogens is 785 g/mol. The van der Waals surface area contributed by atoms with E-state index in [2.05, 4.69) is 252 Å². The van der Waals surface area contributed by atoms with Crippen molar-refractivity contribution in [3.05, 3.63) is 265 Å². The lowest BCUT2D eigenvalue weighted by Crippen LogP contribution is -2.33. The summed E-state index contributed by atoms with van der Waals surface area (Å²) in [6.07, 6.45) is 0. The second-order valence-electron chi connectivity index (χ2n) is 17.5. The molecule has 1 atom stereocenters. The Morgan fingerprint density at radius 3 is 1.80 bits per heavy atom. The van der Waals surface area contributed by atoms with Crippen LogP contribution in [0, 0.1) is 0 Å². The Morgan fingerprint density at radius 1 is 0.323 bits per heavy atom. The largest absolute Gasteiger partial charge is 0.309 e. The molecule has 2 heterocycles. The second kappa shape index (κ2) is 13.8. The number of hydrogen-bond acceptors (Lipinski definition) is 1. The molecule has 1 unspecified atom stereocenters. The fourth-order valence-electron chi connectivity index (χ4n) is 11.8. The van der Waals surface area contributed by atoms with Crippen LogP contribution in [-0.2, 0) is 5.41 Å². The summed E-state index contributed by atoms with van der Waals surface area (Å²) in [5, 5.41) is 7.46. The van der Waals surface area contributed by atoms with Gasteiger partial charge in [0.25, 0.3) is 0 Å². The monoisotopic (exact) mass is 824 g/mol. The topological polar surface area (TPSA) is 8.17 Å². The van der Waals surface area contributed by atoms with Crippen molar-refractivity contribution in [1.82, 2.24) is 4.57 Å². The van der Waals surface area contributed by atoms with Crippen molar-refractivity contribution in [3.8, 4) is 39.1 Å². The Balaban J connectivity index is 1.11. The highest BCUT2D eigenvalue weighted by atomic mass is 15.2. The molecule has 302 valence electrons. The van der Waals surface area contributed by atoms with Gasteiger partial charge in [-0.05, 0) is 97.1 Å². The maximum Gasteiger partial charge on any atom is 0.0755 e. The number of nitrogens with zero attached hydrogens (tertiary/aromatic N) is 2. The minimum atomic E-state index is -0.580. The third kappa shape index (κ3) is 4.94. The van der Waals surface area contributed by atoms with Crippen LogP contribution in [0.2, 0.25) is 0 Å². The summed E-state index contributed by atoms with van der Waals surface area (Å²) in [5.41, 5.74) is 19.0. The van der Waals surface area contributed by atoms with Crippen molar-refractivity contribution < 1.29 is 0 Å². The smallest absolute Gasteiger partial charge is 0.0755 e. The molecule has 1 spiro atoms. The summed E-state index contributed by atoms with van der Waals surface area (Å²) in [5.74, 6) is 0. The Hall–Kier alpha value is -8.46. The number of aromatic nitrogens is 1. The van der Waals surface area contributed by atoms with E-state index in [-0.39, 0.29) is 0 Å². The van der Waals surface area contributed by atoms with Crippen molar-refractivity contribution in [2.45, 2.75) is 5.41 Å². The molecule has 0 fully saturated rings. The third-order valence-corrected chi connectivity index (χ3v) is 14.3. The van der Waals surface area contributed by atoms with Gasteiger partial charge in [0.05, 0.1) is 39.2 Å². The van der Waals surface area contributed by atoms with Crippen LogP contribution in [0.5, 0.6) is 0 Å². The predicted octanol–water partition coefficient (Wildman–Crippen LogP) is 16.6. The van der Waals surface area contributed by atoms with Crippen LogP contribution >= 0.6 is 0 Å². The van der Waals surface area contributed by atoms with Crippen molar-refractivity contribution in [1.29, 1.82) is 0 Å². The van der Waals surface area contributed by atoms with Gasteiger partial charge in [-0.3, -0.25) is 0 Å². The number of hydrogen-bond donors (Lipinski definition) is 0. The molecule has 1 aliphatic carbocycles. The fraction of sp³-hybridized carbons (Fsp3) is 0.0159. The lowest BCUT2D eigenvalue weighted by Gasteiger charge is -2.39. The van der Waals surface area contributed by atoms with E-state index >= 15 is 0 Å². The summed E-state index contributed by atoms with van der Waals surface area (Å²) in [6.45, 7) is 0. The van der Waals surface area contributed by atoms with E-state index in [1.807, 2.05) is 0 Å². The second-order valence-corrected chi connectivity index (χ2v) is 17.5. The minimum absolute atomic E-state index is 0.580. The highest BCUT2D eigenvalue weighted by molar-refractivity contribution is 6.17. The molecule has 11 aromatic carbocycles. The average molecular weight is 825 g/mol. The van der Waals surface area contributed by atoms with Crippen LogP contribution in [-0.4, -0.2) is 4.57 Å². The average Bonchev–Trinajstić information content (AvgIpc) is 3.88. The van der Waals surface area contributed by atoms with E-state index in [4.69, 9.17) is 0 Å². The zero-order valence-corrected chi connectivity index (χ0v) is 35.5. The molecule has 12 aromatic rings. The lowest BCUT2D eigenvalue weighted by atomic mass is 9.65. The van der Waals surface area contributed by atoms with Gasteiger partial charge in [0, 0.05) is 27.3 Å². The maximum atomic E-state index is 2.58. The first-order valence-corrected chi connectivity index (χ1v) is 22.6. The van der Waals surface area contributed by atoms with Gasteiger partial charge in [-0.1, -0.05) is 206 Å². The number of fused-ring (bicyclic) bond motifs is 15. The quantitative estimate of drug-likeness (QED) is 0.157. The van der Waals surface area contributed by atoms with E-state index < -0.39 is 5.41 Å². The van der Waals surface area contributed by atoms with Gasteiger partial charge < -0.3 is 9.47 Å². The van der Waals surface area contributed by atoms with Gasteiger partial charge in [0.2, 0.25) is 0 Å². The summed E-state index contributed by atoms with van der Waals surface area (Å²) < 4.78 is 2.53. The molecule has 14 rings (SSSR count). The molecule has 2 nitrogen and oxygen atoms in total. The summed E-state index contributed by atoms with van der Waals surface area (Å²) >= 11 is 0. The first-order chi connectivity index (χ1) is 32.3. The molecule has 1 aliphatic heterocycles. The molecule has 0 saturated heterocycles. The minimum Gasteiger partial charge on any atom is -0.309 e. The Labute approximate surface area is 377 Å². The van der Waals surface area contributed by atoms with Gasteiger partial charge in [0.15, 0.2) is 0 Å². The van der Waals surface area contributed by atoms with Gasteiger partial charge in [-0.2, -0.15) is 0 Å². The van der Waals surface area contributed by atoms with Crippen molar-refractivity contribution in [3.63, 3.8) is 0 Å². The Bertz CT molecular complexity index is 3910. The summed E-state index contributed by atoms with van der Waals surface area (Å²) in [4.78, 5) is 2.58. The molecule has 0 saturated carbocycles. The molecule has 0 amide bonds. The highest BCUT2D eigenvalue weighted by Crippen LogP contribution is 2.63.